The number of hydrogen-bond donors (Lipinski definition) is 2. The van der Waals surface area contributed by atoms with Gasteiger partial charge in [0.25, 0.3) is 0 Å². The lowest BCUT2D eigenvalue weighted by Crippen LogP contribution is -2.46. The Hall–Kier alpha value is -1.64. The predicted molar refractivity (Wildman–Crippen MR) is 112 cm³/mol. The van der Waals surface area contributed by atoms with Gasteiger partial charge in [0, 0.05) is 39.0 Å². The van der Waals surface area contributed by atoms with Crippen LogP contribution in [0.3, 0.4) is 0 Å². The van der Waals surface area contributed by atoms with Crippen LogP contribution in [0.1, 0.15) is 11.6 Å². The number of aliphatic imine (C=N–C) groups is 1. The largest absolute Gasteiger partial charge is 0.493 e. The van der Waals surface area contributed by atoms with Crippen molar-refractivity contribution in [2.75, 3.05) is 72.7 Å². The maximum absolute atomic E-state index is 5.53. The smallest absolute Gasteiger partial charge is 0.191 e. The lowest BCUT2D eigenvalue weighted by atomic mass is 10.0. The van der Waals surface area contributed by atoms with E-state index in [2.05, 4.69) is 38.9 Å². The maximum Gasteiger partial charge on any atom is 0.191 e. The predicted octanol–water partition coefficient (Wildman–Crippen LogP) is 1.61. The second-order valence-electron chi connectivity index (χ2n) is 6.15. The van der Waals surface area contributed by atoms with Crippen molar-refractivity contribution < 1.29 is 14.2 Å². The molecule has 2 N–H and O–H groups in total. The molecule has 1 aromatic carbocycles. The fraction of sp³-hybridized carbons (Fsp3) is 0.632. The monoisotopic (exact) mass is 396 g/mol. The average Bonchev–Trinajstić information content (AvgIpc) is 2.73. The molecule has 0 spiro atoms. The van der Waals surface area contributed by atoms with Crippen molar-refractivity contribution in [2.45, 2.75) is 6.04 Å². The second kappa shape index (κ2) is 11.9. The molecule has 1 aliphatic rings. The molecule has 27 heavy (non-hydrogen) atoms. The third kappa shape index (κ3) is 6.48. The van der Waals surface area contributed by atoms with Crippen LogP contribution in [0, 0.1) is 0 Å². The Bertz CT molecular complexity index is 594. The van der Waals surface area contributed by atoms with Crippen LogP contribution in [-0.4, -0.2) is 83.5 Å². The lowest BCUT2D eigenvalue weighted by molar-refractivity contribution is 0.0169. The molecule has 1 unspecified atom stereocenters. The number of hydrogen-bond acceptors (Lipinski definition) is 6. The van der Waals surface area contributed by atoms with Crippen molar-refractivity contribution in [2.24, 2.45) is 4.99 Å². The highest BCUT2D eigenvalue weighted by molar-refractivity contribution is 7.98. The molecule has 7 nitrogen and oxygen atoms in total. The van der Waals surface area contributed by atoms with Crippen LogP contribution in [0.2, 0.25) is 0 Å². The van der Waals surface area contributed by atoms with E-state index in [1.165, 1.54) is 5.56 Å². The van der Waals surface area contributed by atoms with Crippen LogP contribution in [-0.2, 0) is 4.74 Å². The summed E-state index contributed by atoms with van der Waals surface area (Å²) in [7, 11) is 5.12. The van der Waals surface area contributed by atoms with Crippen molar-refractivity contribution in [3.63, 3.8) is 0 Å². The number of guanidine groups is 1. The zero-order valence-electron chi connectivity index (χ0n) is 16.8. The fourth-order valence-electron chi connectivity index (χ4n) is 3.09. The summed E-state index contributed by atoms with van der Waals surface area (Å²) in [5.41, 5.74) is 1.18. The molecule has 0 saturated carbocycles. The van der Waals surface area contributed by atoms with Gasteiger partial charge in [-0.2, -0.15) is 11.8 Å². The summed E-state index contributed by atoms with van der Waals surface area (Å²) < 4.78 is 16.4. The minimum atomic E-state index is 0.188. The van der Waals surface area contributed by atoms with Gasteiger partial charge in [0.1, 0.15) is 0 Å². The minimum Gasteiger partial charge on any atom is -0.493 e. The van der Waals surface area contributed by atoms with Crippen molar-refractivity contribution in [1.29, 1.82) is 0 Å². The first-order valence-corrected chi connectivity index (χ1v) is 10.6. The third-order valence-electron chi connectivity index (χ3n) is 4.56. The van der Waals surface area contributed by atoms with E-state index in [0.717, 1.165) is 62.6 Å². The first-order chi connectivity index (χ1) is 13.2. The van der Waals surface area contributed by atoms with Crippen molar-refractivity contribution >= 4 is 17.7 Å². The molecule has 0 aliphatic carbocycles. The molecule has 152 valence electrons. The summed E-state index contributed by atoms with van der Waals surface area (Å²) in [6.45, 7) is 4.95. The summed E-state index contributed by atoms with van der Waals surface area (Å²) in [5.74, 6) is 3.35. The molecule has 0 radical (unpaired) electrons. The Morgan fingerprint density at radius 3 is 2.59 bits per heavy atom. The van der Waals surface area contributed by atoms with Gasteiger partial charge in [-0.15, -0.1) is 0 Å². The highest BCUT2D eigenvalue weighted by Gasteiger charge is 2.24. The van der Waals surface area contributed by atoms with Gasteiger partial charge in [-0.1, -0.05) is 6.07 Å². The molecule has 1 fully saturated rings. The number of nitrogens with one attached hydrogen (secondary N) is 2. The van der Waals surface area contributed by atoms with Gasteiger partial charge in [-0.25, -0.2) is 0 Å². The lowest BCUT2D eigenvalue weighted by Gasteiger charge is -2.35. The number of rotatable bonds is 9. The Kier molecular flexibility index (Phi) is 9.58. The zero-order chi connectivity index (χ0) is 19.5. The van der Waals surface area contributed by atoms with Gasteiger partial charge in [0.2, 0.25) is 0 Å². The number of nitrogens with zero attached hydrogens (tertiary/aromatic N) is 2. The first-order valence-electron chi connectivity index (χ1n) is 9.20. The van der Waals surface area contributed by atoms with E-state index in [9.17, 15) is 0 Å². The van der Waals surface area contributed by atoms with Gasteiger partial charge < -0.3 is 24.8 Å². The standard InChI is InChI=1S/C19H32N4O3S/c1-20-19(21-7-12-27-4)22-14-16(23-8-10-26-11-9-23)15-5-6-17(24-2)18(13-15)25-3/h5-6,13,16H,7-12,14H2,1-4H3,(H2,20,21,22). The number of thioether (sulfide) groups is 1. The number of methoxy groups -OCH3 is 2. The summed E-state index contributed by atoms with van der Waals surface area (Å²) in [5, 5.41) is 6.82. The van der Waals surface area contributed by atoms with E-state index in [0.29, 0.717) is 0 Å². The van der Waals surface area contributed by atoms with Gasteiger partial charge in [0.15, 0.2) is 17.5 Å². The molecule has 0 aromatic heterocycles. The molecule has 1 saturated heterocycles. The normalized spacial score (nSPS) is 16.7. The number of ether oxygens (including phenoxy) is 3. The molecule has 1 aliphatic heterocycles. The molecule has 0 bridgehead atoms. The van der Waals surface area contributed by atoms with Gasteiger partial charge in [-0.05, 0) is 24.0 Å². The van der Waals surface area contributed by atoms with Gasteiger partial charge in [0.05, 0.1) is 33.5 Å². The van der Waals surface area contributed by atoms with Crippen molar-refractivity contribution in [1.82, 2.24) is 15.5 Å². The molecule has 2 rings (SSSR count). The molecule has 8 heteroatoms. The van der Waals surface area contributed by atoms with Crippen LogP contribution in [0.4, 0.5) is 0 Å². The van der Waals surface area contributed by atoms with Gasteiger partial charge >= 0.3 is 0 Å². The summed E-state index contributed by atoms with van der Waals surface area (Å²) in [6.07, 6.45) is 2.10. The Morgan fingerprint density at radius 2 is 1.96 bits per heavy atom. The molecule has 1 atom stereocenters. The SMILES string of the molecule is CN=C(NCCSC)NCC(c1ccc(OC)c(OC)c1)N1CCOCC1. The average molecular weight is 397 g/mol. The van der Waals surface area contributed by atoms with E-state index in [1.54, 1.807) is 21.3 Å². The molecule has 0 amide bonds. The summed E-state index contributed by atoms with van der Waals surface area (Å²) in [4.78, 5) is 6.77. The third-order valence-corrected chi connectivity index (χ3v) is 5.18. The highest BCUT2D eigenvalue weighted by Crippen LogP contribution is 2.32. The number of benzene rings is 1. The molecule has 1 aromatic rings. The van der Waals surface area contributed by atoms with Crippen LogP contribution < -0.4 is 20.1 Å². The second-order valence-corrected chi connectivity index (χ2v) is 7.14. The van der Waals surface area contributed by atoms with E-state index >= 15 is 0 Å². The van der Waals surface area contributed by atoms with E-state index < -0.39 is 0 Å². The fourth-order valence-corrected chi connectivity index (χ4v) is 3.40. The highest BCUT2D eigenvalue weighted by atomic mass is 32.2. The van der Waals surface area contributed by atoms with Crippen LogP contribution in [0.25, 0.3) is 0 Å². The summed E-state index contributed by atoms with van der Waals surface area (Å²) in [6, 6.07) is 6.32. The maximum atomic E-state index is 5.53. The zero-order valence-corrected chi connectivity index (χ0v) is 17.6. The molecular formula is C19H32N4O3S. The van der Waals surface area contributed by atoms with E-state index in [4.69, 9.17) is 14.2 Å². The van der Waals surface area contributed by atoms with Crippen LogP contribution >= 0.6 is 11.8 Å². The molecular weight excluding hydrogens is 364 g/mol. The Labute approximate surface area is 166 Å². The quantitative estimate of drug-likeness (QED) is 0.373. The molecule has 1 heterocycles. The van der Waals surface area contributed by atoms with Crippen LogP contribution in [0.15, 0.2) is 23.2 Å². The Balaban J connectivity index is 2.14. The van der Waals surface area contributed by atoms with Crippen LogP contribution in [0.5, 0.6) is 11.5 Å². The van der Waals surface area contributed by atoms with E-state index in [1.807, 2.05) is 17.8 Å². The van der Waals surface area contributed by atoms with E-state index in [-0.39, 0.29) is 6.04 Å². The number of morpholine rings is 1. The van der Waals surface area contributed by atoms with Gasteiger partial charge in [-0.3, -0.25) is 9.89 Å². The minimum absolute atomic E-state index is 0.188. The topological polar surface area (TPSA) is 67.4 Å². The first kappa shape index (κ1) is 21.7. The van der Waals surface area contributed by atoms with Crippen molar-refractivity contribution in [3.8, 4) is 11.5 Å². The summed E-state index contributed by atoms with van der Waals surface area (Å²) >= 11 is 1.81. The van der Waals surface area contributed by atoms with Crippen molar-refractivity contribution in [3.05, 3.63) is 23.8 Å². The Morgan fingerprint density at radius 1 is 1.22 bits per heavy atom.